The van der Waals surface area contributed by atoms with E-state index in [1.807, 2.05) is 18.5 Å². The van der Waals surface area contributed by atoms with Crippen molar-refractivity contribution < 1.29 is 0 Å². The molecule has 2 atom stereocenters. The number of hydrogen-bond donors (Lipinski definition) is 0. The quantitative estimate of drug-likeness (QED) is 0.796. The molecule has 2 unspecified atom stereocenters. The number of benzene rings is 1. The first-order valence-electron chi connectivity index (χ1n) is 6.65. The fourth-order valence-corrected chi connectivity index (χ4v) is 3.02. The Morgan fingerprint density at radius 1 is 1.00 bits per heavy atom. The SMILES string of the molecule is c1cncc(-c2cccc(N3CC4CC4C3)c2)c1. The maximum absolute atomic E-state index is 4.19. The minimum absolute atomic E-state index is 0.979. The van der Waals surface area contributed by atoms with Crippen LogP contribution in [-0.4, -0.2) is 18.1 Å². The Morgan fingerprint density at radius 3 is 2.61 bits per heavy atom. The standard InChI is InChI=1S/C16H16N2/c1-3-12(13-4-2-6-17-9-13)8-16(5-1)18-10-14-7-15(14)11-18/h1-6,8-9,14-15H,7,10-11H2. The number of nitrogens with zero attached hydrogens (tertiary/aromatic N) is 2. The zero-order chi connectivity index (χ0) is 11.9. The minimum Gasteiger partial charge on any atom is -0.371 e. The summed E-state index contributed by atoms with van der Waals surface area (Å²) in [5, 5.41) is 0. The molecule has 2 fully saturated rings. The van der Waals surface area contributed by atoms with Gasteiger partial charge in [0.25, 0.3) is 0 Å². The van der Waals surface area contributed by atoms with Gasteiger partial charge in [-0.3, -0.25) is 4.98 Å². The molecular weight excluding hydrogens is 220 g/mol. The third-order valence-electron chi connectivity index (χ3n) is 4.18. The monoisotopic (exact) mass is 236 g/mol. The number of pyridine rings is 1. The molecule has 2 aromatic rings. The first-order valence-corrected chi connectivity index (χ1v) is 6.65. The van der Waals surface area contributed by atoms with E-state index in [0.717, 1.165) is 11.8 Å². The molecule has 1 saturated heterocycles. The Labute approximate surface area is 107 Å². The maximum atomic E-state index is 4.19. The fourth-order valence-electron chi connectivity index (χ4n) is 3.02. The van der Waals surface area contributed by atoms with Gasteiger partial charge in [-0.2, -0.15) is 0 Å². The second-order valence-corrected chi connectivity index (χ2v) is 5.45. The van der Waals surface area contributed by atoms with Crippen LogP contribution in [0, 0.1) is 11.8 Å². The van der Waals surface area contributed by atoms with Gasteiger partial charge in [-0.1, -0.05) is 18.2 Å². The van der Waals surface area contributed by atoms with Gasteiger partial charge >= 0.3 is 0 Å². The van der Waals surface area contributed by atoms with Crippen molar-refractivity contribution in [2.45, 2.75) is 6.42 Å². The predicted octanol–water partition coefficient (Wildman–Crippen LogP) is 3.20. The molecule has 2 heteroatoms. The highest BCUT2D eigenvalue weighted by molar-refractivity contribution is 5.68. The second kappa shape index (κ2) is 3.84. The molecule has 4 rings (SSSR count). The molecule has 90 valence electrons. The van der Waals surface area contributed by atoms with Crippen LogP contribution in [0.1, 0.15) is 6.42 Å². The Balaban J connectivity index is 1.65. The Morgan fingerprint density at radius 2 is 1.83 bits per heavy atom. The highest BCUT2D eigenvalue weighted by Crippen LogP contribution is 2.46. The number of aromatic nitrogens is 1. The van der Waals surface area contributed by atoms with Crippen LogP contribution in [0.5, 0.6) is 0 Å². The molecule has 0 radical (unpaired) electrons. The van der Waals surface area contributed by atoms with Crippen molar-refractivity contribution in [2.75, 3.05) is 18.0 Å². The van der Waals surface area contributed by atoms with Crippen LogP contribution >= 0.6 is 0 Å². The van der Waals surface area contributed by atoms with Gasteiger partial charge in [0.05, 0.1) is 0 Å². The van der Waals surface area contributed by atoms with E-state index in [1.54, 1.807) is 0 Å². The van der Waals surface area contributed by atoms with Crippen LogP contribution in [0.25, 0.3) is 11.1 Å². The zero-order valence-corrected chi connectivity index (χ0v) is 10.3. The summed E-state index contributed by atoms with van der Waals surface area (Å²) in [4.78, 5) is 6.72. The van der Waals surface area contributed by atoms with E-state index in [-0.39, 0.29) is 0 Å². The molecule has 1 saturated carbocycles. The lowest BCUT2D eigenvalue weighted by atomic mass is 10.1. The first kappa shape index (κ1) is 10.1. The van der Waals surface area contributed by atoms with E-state index in [0.29, 0.717) is 0 Å². The number of rotatable bonds is 2. The summed E-state index contributed by atoms with van der Waals surface area (Å²) >= 11 is 0. The third kappa shape index (κ3) is 1.69. The fraction of sp³-hybridized carbons (Fsp3) is 0.312. The molecule has 1 aromatic heterocycles. The molecule has 2 heterocycles. The van der Waals surface area contributed by atoms with E-state index in [2.05, 4.69) is 40.2 Å². The van der Waals surface area contributed by atoms with Gasteiger partial charge in [0.15, 0.2) is 0 Å². The topological polar surface area (TPSA) is 16.1 Å². The van der Waals surface area contributed by atoms with Crippen molar-refractivity contribution >= 4 is 5.69 Å². The summed E-state index contributed by atoms with van der Waals surface area (Å²) in [6.07, 6.45) is 5.21. The Kier molecular flexibility index (Phi) is 2.16. The Hall–Kier alpha value is -1.83. The average Bonchev–Trinajstić information content (AvgIpc) is 3.06. The summed E-state index contributed by atoms with van der Waals surface area (Å²) in [5.41, 5.74) is 3.83. The van der Waals surface area contributed by atoms with Crippen LogP contribution in [0.3, 0.4) is 0 Å². The average molecular weight is 236 g/mol. The lowest BCUT2D eigenvalue weighted by Crippen LogP contribution is -2.21. The molecule has 0 spiro atoms. The van der Waals surface area contributed by atoms with E-state index in [1.165, 1.54) is 36.3 Å². The molecule has 1 aliphatic heterocycles. The molecule has 0 N–H and O–H groups in total. The van der Waals surface area contributed by atoms with Crippen molar-refractivity contribution in [2.24, 2.45) is 11.8 Å². The molecule has 1 aromatic carbocycles. The van der Waals surface area contributed by atoms with E-state index < -0.39 is 0 Å². The van der Waals surface area contributed by atoms with E-state index >= 15 is 0 Å². The van der Waals surface area contributed by atoms with E-state index in [9.17, 15) is 0 Å². The summed E-state index contributed by atoms with van der Waals surface area (Å²) in [6.45, 7) is 2.50. The smallest absolute Gasteiger partial charge is 0.0372 e. The summed E-state index contributed by atoms with van der Waals surface area (Å²) in [5.74, 6) is 1.96. The lowest BCUT2D eigenvalue weighted by Gasteiger charge is -2.20. The maximum Gasteiger partial charge on any atom is 0.0372 e. The molecule has 0 amide bonds. The van der Waals surface area contributed by atoms with Gasteiger partial charge in [0.1, 0.15) is 0 Å². The molecule has 1 aliphatic carbocycles. The highest BCUT2D eigenvalue weighted by Gasteiger charge is 2.45. The third-order valence-corrected chi connectivity index (χ3v) is 4.18. The molecule has 2 nitrogen and oxygen atoms in total. The van der Waals surface area contributed by atoms with Crippen LogP contribution in [0.4, 0.5) is 5.69 Å². The summed E-state index contributed by atoms with van der Waals surface area (Å²) in [7, 11) is 0. The van der Waals surface area contributed by atoms with Gasteiger partial charge in [0, 0.05) is 36.7 Å². The van der Waals surface area contributed by atoms with Crippen LogP contribution < -0.4 is 4.90 Å². The van der Waals surface area contributed by atoms with Gasteiger partial charge in [0.2, 0.25) is 0 Å². The van der Waals surface area contributed by atoms with Crippen molar-refractivity contribution in [3.63, 3.8) is 0 Å². The molecule has 0 bridgehead atoms. The predicted molar refractivity (Wildman–Crippen MR) is 73.5 cm³/mol. The molecule has 2 aliphatic rings. The van der Waals surface area contributed by atoms with Crippen LogP contribution in [0.2, 0.25) is 0 Å². The van der Waals surface area contributed by atoms with Crippen molar-refractivity contribution in [3.8, 4) is 11.1 Å². The van der Waals surface area contributed by atoms with Crippen molar-refractivity contribution in [1.29, 1.82) is 0 Å². The number of anilines is 1. The van der Waals surface area contributed by atoms with Gasteiger partial charge in [-0.05, 0) is 42.0 Å². The number of fused-ring (bicyclic) bond motifs is 1. The normalized spacial score (nSPS) is 25.0. The molecule has 18 heavy (non-hydrogen) atoms. The second-order valence-electron chi connectivity index (χ2n) is 5.45. The largest absolute Gasteiger partial charge is 0.371 e. The van der Waals surface area contributed by atoms with Crippen LogP contribution in [-0.2, 0) is 0 Å². The first-order chi connectivity index (χ1) is 8.90. The van der Waals surface area contributed by atoms with Crippen molar-refractivity contribution in [3.05, 3.63) is 48.8 Å². The number of hydrogen-bond acceptors (Lipinski definition) is 2. The molecular formula is C16H16N2. The van der Waals surface area contributed by atoms with Crippen LogP contribution in [0.15, 0.2) is 48.8 Å². The highest BCUT2D eigenvalue weighted by atomic mass is 15.2. The van der Waals surface area contributed by atoms with Gasteiger partial charge in [-0.15, -0.1) is 0 Å². The van der Waals surface area contributed by atoms with E-state index in [4.69, 9.17) is 0 Å². The van der Waals surface area contributed by atoms with Gasteiger partial charge < -0.3 is 4.90 Å². The number of piperidine rings is 1. The van der Waals surface area contributed by atoms with Crippen molar-refractivity contribution in [1.82, 2.24) is 4.98 Å². The lowest BCUT2D eigenvalue weighted by molar-refractivity contribution is 0.820. The summed E-state index contributed by atoms with van der Waals surface area (Å²) in [6, 6.07) is 13.0. The van der Waals surface area contributed by atoms with Gasteiger partial charge in [-0.25, -0.2) is 0 Å². The Bertz CT molecular complexity index is 554. The summed E-state index contributed by atoms with van der Waals surface area (Å²) < 4.78 is 0. The minimum atomic E-state index is 0.979. The zero-order valence-electron chi connectivity index (χ0n) is 10.3.